The van der Waals surface area contributed by atoms with Crippen LogP contribution in [0.25, 0.3) is 0 Å². The Morgan fingerprint density at radius 1 is 1.69 bits per heavy atom. The number of ether oxygens (including phenoxy) is 1. The molecule has 0 radical (unpaired) electrons. The van der Waals surface area contributed by atoms with Gasteiger partial charge in [0.2, 0.25) is 0 Å². The molecule has 0 saturated heterocycles. The third kappa shape index (κ3) is 2.56. The largest absolute Gasteiger partial charge is 0.390 e. The summed E-state index contributed by atoms with van der Waals surface area (Å²) in [6, 6.07) is 0. The van der Waals surface area contributed by atoms with Gasteiger partial charge in [0.15, 0.2) is 0 Å². The maximum Gasteiger partial charge on any atom is 0.313 e. The quantitative estimate of drug-likeness (QED) is 0.574. The van der Waals surface area contributed by atoms with Gasteiger partial charge in [-0.05, 0) is 6.92 Å². The standard InChI is InChI=1S/C9H15N3O4/c1-6-9(12(14)15)8(11(2)10-6)4-7(13)5-16-3/h7,13H,4-5H2,1-3H3. The molecule has 0 aliphatic carbocycles. The van der Waals surface area contributed by atoms with Gasteiger partial charge in [-0.25, -0.2) is 0 Å². The molecule has 1 N–H and O–H groups in total. The molecule has 1 heterocycles. The van der Waals surface area contributed by atoms with E-state index in [1.54, 1.807) is 14.0 Å². The molecule has 1 aromatic heterocycles. The zero-order valence-electron chi connectivity index (χ0n) is 9.51. The first kappa shape index (κ1) is 12.6. The summed E-state index contributed by atoms with van der Waals surface area (Å²) in [6.07, 6.45) is -0.611. The van der Waals surface area contributed by atoms with E-state index in [0.717, 1.165) is 0 Å². The van der Waals surface area contributed by atoms with Gasteiger partial charge in [0.05, 0.1) is 17.6 Å². The van der Waals surface area contributed by atoms with E-state index in [4.69, 9.17) is 4.74 Å². The Bertz CT molecular complexity index is 388. The van der Waals surface area contributed by atoms with E-state index >= 15 is 0 Å². The van der Waals surface area contributed by atoms with E-state index in [1.807, 2.05) is 0 Å². The van der Waals surface area contributed by atoms with E-state index < -0.39 is 11.0 Å². The first-order valence-electron chi connectivity index (χ1n) is 4.81. The number of aryl methyl sites for hydroxylation is 2. The van der Waals surface area contributed by atoms with Gasteiger partial charge >= 0.3 is 5.69 Å². The van der Waals surface area contributed by atoms with Crippen LogP contribution in [0.15, 0.2) is 0 Å². The van der Waals surface area contributed by atoms with Crippen LogP contribution in [0.5, 0.6) is 0 Å². The molecule has 1 unspecified atom stereocenters. The molecule has 1 aromatic rings. The third-order valence-electron chi connectivity index (χ3n) is 2.28. The summed E-state index contributed by atoms with van der Waals surface area (Å²) in [5, 5.41) is 24.4. The van der Waals surface area contributed by atoms with E-state index in [-0.39, 0.29) is 18.7 Å². The minimum Gasteiger partial charge on any atom is -0.390 e. The third-order valence-corrected chi connectivity index (χ3v) is 2.28. The van der Waals surface area contributed by atoms with Gasteiger partial charge in [-0.15, -0.1) is 0 Å². The molecule has 0 aromatic carbocycles. The Morgan fingerprint density at radius 2 is 2.31 bits per heavy atom. The molecule has 0 fully saturated rings. The van der Waals surface area contributed by atoms with Gasteiger partial charge in [-0.2, -0.15) is 5.10 Å². The van der Waals surface area contributed by atoms with Crippen LogP contribution in [0.1, 0.15) is 11.4 Å². The molecule has 0 bridgehead atoms. The summed E-state index contributed by atoms with van der Waals surface area (Å²) in [4.78, 5) is 10.4. The number of methoxy groups -OCH3 is 1. The number of hydrogen-bond acceptors (Lipinski definition) is 5. The van der Waals surface area contributed by atoms with Crippen molar-refractivity contribution in [1.82, 2.24) is 9.78 Å². The van der Waals surface area contributed by atoms with Crippen LogP contribution < -0.4 is 0 Å². The maximum absolute atomic E-state index is 10.8. The Hall–Kier alpha value is -1.47. The fraction of sp³-hybridized carbons (Fsp3) is 0.667. The van der Waals surface area contributed by atoms with Crippen LogP contribution in [-0.4, -0.2) is 39.6 Å². The molecule has 1 atom stereocenters. The summed E-state index contributed by atoms with van der Waals surface area (Å²) >= 11 is 0. The molecule has 7 heteroatoms. The minimum absolute atomic E-state index is 0.0300. The van der Waals surface area contributed by atoms with Crippen molar-refractivity contribution in [3.8, 4) is 0 Å². The van der Waals surface area contributed by atoms with Gasteiger partial charge in [0.1, 0.15) is 11.4 Å². The summed E-state index contributed by atoms with van der Waals surface area (Å²) in [6.45, 7) is 1.71. The Balaban J connectivity index is 2.98. The lowest BCUT2D eigenvalue weighted by atomic mass is 10.1. The Kier molecular flexibility index (Phi) is 3.97. The highest BCUT2D eigenvalue weighted by Gasteiger charge is 2.25. The van der Waals surface area contributed by atoms with Gasteiger partial charge in [-0.1, -0.05) is 0 Å². The van der Waals surface area contributed by atoms with Crippen LogP contribution in [0.2, 0.25) is 0 Å². The second-order valence-corrected chi connectivity index (χ2v) is 3.57. The number of aromatic nitrogens is 2. The molecule has 0 amide bonds. The normalized spacial score (nSPS) is 12.8. The average Bonchev–Trinajstić information content (AvgIpc) is 2.41. The van der Waals surface area contributed by atoms with Crippen molar-refractivity contribution in [2.24, 2.45) is 7.05 Å². The van der Waals surface area contributed by atoms with Gasteiger partial charge in [0.25, 0.3) is 0 Å². The molecular formula is C9H15N3O4. The lowest BCUT2D eigenvalue weighted by Gasteiger charge is -2.08. The zero-order valence-corrected chi connectivity index (χ0v) is 9.51. The van der Waals surface area contributed by atoms with Crippen molar-refractivity contribution in [3.63, 3.8) is 0 Å². The number of rotatable bonds is 5. The second kappa shape index (κ2) is 5.04. The summed E-state index contributed by atoms with van der Waals surface area (Å²) < 4.78 is 6.20. The van der Waals surface area contributed by atoms with Crippen LogP contribution in [0.3, 0.4) is 0 Å². The maximum atomic E-state index is 10.8. The molecule has 90 valence electrons. The summed E-state index contributed by atoms with van der Waals surface area (Å²) in [7, 11) is 3.08. The molecule has 0 aliphatic heterocycles. The monoisotopic (exact) mass is 229 g/mol. The Labute approximate surface area is 92.8 Å². The summed E-state index contributed by atoms with van der Waals surface area (Å²) in [5.41, 5.74) is 0.733. The predicted octanol–water partition coefficient (Wildman–Crippen LogP) is 0.187. The lowest BCUT2D eigenvalue weighted by Crippen LogP contribution is -2.19. The SMILES string of the molecule is COCC(O)Cc1c([N+](=O)[O-])c(C)nn1C. The lowest BCUT2D eigenvalue weighted by molar-refractivity contribution is -0.386. The highest BCUT2D eigenvalue weighted by atomic mass is 16.6. The number of hydrogen-bond donors (Lipinski definition) is 1. The smallest absolute Gasteiger partial charge is 0.313 e. The highest BCUT2D eigenvalue weighted by Crippen LogP contribution is 2.23. The zero-order chi connectivity index (χ0) is 12.3. The topological polar surface area (TPSA) is 90.4 Å². The fourth-order valence-electron chi connectivity index (χ4n) is 1.64. The number of nitrogens with zero attached hydrogens (tertiary/aromatic N) is 3. The van der Waals surface area contributed by atoms with Crippen molar-refractivity contribution in [2.45, 2.75) is 19.4 Å². The summed E-state index contributed by atoms with van der Waals surface area (Å²) in [5.74, 6) is 0. The van der Waals surface area contributed by atoms with Crippen LogP contribution >= 0.6 is 0 Å². The van der Waals surface area contributed by atoms with E-state index in [9.17, 15) is 15.2 Å². The van der Waals surface area contributed by atoms with Crippen molar-refractivity contribution in [3.05, 3.63) is 21.5 Å². The van der Waals surface area contributed by atoms with Crippen molar-refractivity contribution in [1.29, 1.82) is 0 Å². The molecule has 0 aliphatic rings. The van der Waals surface area contributed by atoms with Crippen molar-refractivity contribution in [2.75, 3.05) is 13.7 Å². The molecule has 7 nitrogen and oxygen atoms in total. The first-order chi connectivity index (χ1) is 7.47. The molecule has 1 rings (SSSR count). The second-order valence-electron chi connectivity index (χ2n) is 3.57. The van der Waals surface area contributed by atoms with E-state index in [1.165, 1.54) is 11.8 Å². The number of nitro groups is 1. The first-order valence-corrected chi connectivity index (χ1v) is 4.81. The van der Waals surface area contributed by atoms with Crippen LogP contribution in [-0.2, 0) is 18.2 Å². The van der Waals surface area contributed by atoms with E-state index in [2.05, 4.69) is 5.10 Å². The van der Waals surface area contributed by atoms with Crippen LogP contribution in [0, 0.1) is 17.0 Å². The minimum atomic E-state index is -0.765. The van der Waals surface area contributed by atoms with E-state index in [0.29, 0.717) is 11.4 Å². The number of aliphatic hydroxyl groups is 1. The van der Waals surface area contributed by atoms with Crippen LogP contribution in [0.4, 0.5) is 5.69 Å². The fourth-order valence-corrected chi connectivity index (χ4v) is 1.64. The average molecular weight is 229 g/mol. The highest BCUT2D eigenvalue weighted by molar-refractivity contribution is 5.40. The molecule has 0 spiro atoms. The van der Waals surface area contributed by atoms with Gasteiger partial charge in [0, 0.05) is 20.6 Å². The molecular weight excluding hydrogens is 214 g/mol. The molecule has 16 heavy (non-hydrogen) atoms. The van der Waals surface area contributed by atoms with Gasteiger partial charge in [-0.3, -0.25) is 14.8 Å². The predicted molar refractivity (Wildman–Crippen MR) is 56.2 cm³/mol. The van der Waals surface area contributed by atoms with Gasteiger partial charge < -0.3 is 9.84 Å². The van der Waals surface area contributed by atoms with Crippen molar-refractivity contribution < 1.29 is 14.8 Å². The van der Waals surface area contributed by atoms with Crippen molar-refractivity contribution >= 4 is 5.69 Å². The Morgan fingerprint density at radius 3 is 2.81 bits per heavy atom. The number of aliphatic hydroxyl groups excluding tert-OH is 1. The molecule has 0 saturated carbocycles.